The Hall–Kier alpha value is -3.15. The molecule has 0 aliphatic heterocycles. The molecular formula is C17H14N2O4. The molecule has 0 radical (unpaired) electrons. The smallest absolute Gasteiger partial charge is 0.291 e. The number of nitro benzene ring substituents is 1. The van der Waals surface area contributed by atoms with Crippen molar-refractivity contribution < 1.29 is 14.1 Å². The van der Waals surface area contributed by atoms with Crippen LogP contribution < -0.4 is 5.32 Å². The van der Waals surface area contributed by atoms with Crippen molar-refractivity contribution in [2.24, 2.45) is 0 Å². The minimum atomic E-state index is -0.509. The number of nitrogens with zero attached hydrogens (tertiary/aromatic N) is 1. The van der Waals surface area contributed by atoms with Gasteiger partial charge < -0.3 is 9.73 Å². The Morgan fingerprint density at radius 2 is 1.96 bits per heavy atom. The summed E-state index contributed by atoms with van der Waals surface area (Å²) in [7, 11) is 0. The Bertz CT molecular complexity index is 927. The average Bonchev–Trinajstić information content (AvgIpc) is 2.84. The van der Waals surface area contributed by atoms with Crippen molar-refractivity contribution in [3.8, 4) is 0 Å². The van der Waals surface area contributed by atoms with E-state index in [9.17, 15) is 14.9 Å². The minimum absolute atomic E-state index is 0.0836. The molecule has 0 aliphatic carbocycles. The summed E-state index contributed by atoms with van der Waals surface area (Å²) in [4.78, 5) is 22.7. The van der Waals surface area contributed by atoms with Crippen LogP contribution in [0, 0.1) is 24.0 Å². The van der Waals surface area contributed by atoms with Gasteiger partial charge in [0, 0.05) is 28.8 Å². The molecule has 23 heavy (non-hydrogen) atoms. The van der Waals surface area contributed by atoms with Gasteiger partial charge in [-0.2, -0.15) is 0 Å². The summed E-state index contributed by atoms with van der Waals surface area (Å²) < 4.78 is 5.62. The third-order valence-electron chi connectivity index (χ3n) is 3.61. The van der Waals surface area contributed by atoms with E-state index in [4.69, 9.17) is 4.42 Å². The van der Waals surface area contributed by atoms with Gasteiger partial charge in [-0.15, -0.1) is 0 Å². The van der Waals surface area contributed by atoms with E-state index in [-0.39, 0.29) is 11.4 Å². The van der Waals surface area contributed by atoms with E-state index in [2.05, 4.69) is 5.32 Å². The number of carbonyl (C=O) groups is 1. The normalized spacial score (nSPS) is 10.7. The van der Waals surface area contributed by atoms with Crippen molar-refractivity contribution in [1.29, 1.82) is 0 Å². The number of benzene rings is 2. The number of hydrogen-bond donors (Lipinski definition) is 1. The van der Waals surface area contributed by atoms with Gasteiger partial charge in [0.1, 0.15) is 5.58 Å². The van der Waals surface area contributed by atoms with Crippen LogP contribution >= 0.6 is 0 Å². The molecule has 2 aromatic carbocycles. The van der Waals surface area contributed by atoms with E-state index in [0.717, 1.165) is 16.5 Å². The monoisotopic (exact) mass is 310 g/mol. The van der Waals surface area contributed by atoms with E-state index >= 15 is 0 Å². The molecule has 1 aromatic heterocycles. The van der Waals surface area contributed by atoms with Crippen molar-refractivity contribution in [1.82, 2.24) is 0 Å². The number of aryl methyl sites for hydroxylation is 2. The zero-order chi connectivity index (χ0) is 16.6. The van der Waals surface area contributed by atoms with Crippen LogP contribution in [0.15, 0.2) is 46.9 Å². The van der Waals surface area contributed by atoms with Crippen molar-refractivity contribution in [3.63, 3.8) is 0 Å². The molecule has 0 unspecified atom stereocenters. The number of anilines is 1. The summed E-state index contributed by atoms with van der Waals surface area (Å²) >= 11 is 0. The number of rotatable bonds is 3. The lowest BCUT2D eigenvalue weighted by Crippen LogP contribution is -2.12. The van der Waals surface area contributed by atoms with Gasteiger partial charge >= 0.3 is 0 Å². The summed E-state index contributed by atoms with van der Waals surface area (Å²) in [5.41, 5.74) is 2.72. The van der Waals surface area contributed by atoms with E-state index < -0.39 is 10.8 Å². The van der Waals surface area contributed by atoms with Crippen LogP contribution in [0.2, 0.25) is 0 Å². The fourth-order valence-corrected chi connectivity index (χ4v) is 2.44. The highest BCUT2D eigenvalue weighted by Gasteiger charge is 2.18. The van der Waals surface area contributed by atoms with Crippen molar-refractivity contribution >= 4 is 28.3 Å². The SMILES string of the molecule is Cc1ccc2oc(C(=O)Nc3cccc([N+](=O)[O-])c3)c(C)c2c1. The molecule has 0 spiro atoms. The van der Waals surface area contributed by atoms with Gasteiger partial charge in [-0.1, -0.05) is 17.7 Å². The lowest BCUT2D eigenvalue weighted by atomic mass is 10.1. The third kappa shape index (κ3) is 2.78. The Labute approximate surface area is 131 Å². The number of carbonyl (C=O) groups excluding carboxylic acids is 1. The summed E-state index contributed by atoms with van der Waals surface area (Å²) in [5.74, 6) is -0.228. The molecule has 0 atom stereocenters. The molecule has 1 amide bonds. The highest BCUT2D eigenvalue weighted by atomic mass is 16.6. The fraction of sp³-hybridized carbons (Fsp3) is 0.118. The lowest BCUT2D eigenvalue weighted by molar-refractivity contribution is -0.384. The highest BCUT2D eigenvalue weighted by Crippen LogP contribution is 2.27. The zero-order valence-corrected chi connectivity index (χ0v) is 12.6. The number of amides is 1. The number of furan rings is 1. The Morgan fingerprint density at radius 3 is 2.70 bits per heavy atom. The number of nitro groups is 1. The molecule has 6 heteroatoms. The van der Waals surface area contributed by atoms with Crippen LogP contribution in [0.25, 0.3) is 11.0 Å². The lowest BCUT2D eigenvalue weighted by Gasteiger charge is -2.03. The Kier molecular flexibility index (Phi) is 3.57. The minimum Gasteiger partial charge on any atom is -0.451 e. The first-order valence-corrected chi connectivity index (χ1v) is 7.01. The second kappa shape index (κ2) is 5.57. The summed E-state index contributed by atoms with van der Waals surface area (Å²) in [6.07, 6.45) is 0. The number of non-ortho nitro benzene ring substituents is 1. The molecule has 0 bridgehead atoms. The molecule has 0 saturated heterocycles. The van der Waals surface area contributed by atoms with Gasteiger partial charge in [0.05, 0.1) is 4.92 Å². The molecule has 0 aliphatic rings. The predicted octanol–water partition coefficient (Wildman–Crippen LogP) is 4.21. The topological polar surface area (TPSA) is 85.4 Å². The molecular weight excluding hydrogens is 296 g/mol. The molecule has 1 heterocycles. The number of nitrogens with one attached hydrogen (secondary N) is 1. The summed E-state index contributed by atoms with van der Waals surface area (Å²) in [5, 5.41) is 14.3. The van der Waals surface area contributed by atoms with Crippen LogP contribution in [0.4, 0.5) is 11.4 Å². The number of fused-ring (bicyclic) bond motifs is 1. The van der Waals surface area contributed by atoms with Crippen LogP contribution in [-0.2, 0) is 0 Å². The van der Waals surface area contributed by atoms with Crippen LogP contribution in [0.3, 0.4) is 0 Å². The maximum absolute atomic E-state index is 12.4. The third-order valence-corrected chi connectivity index (χ3v) is 3.61. The molecule has 0 fully saturated rings. The van der Waals surface area contributed by atoms with Gasteiger partial charge in [0.25, 0.3) is 11.6 Å². The maximum Gasteiger partial charge on any atom is 0.291 e. The Morgan fingerprint density at radius 1 is 1.17 bits per heavy atom. The van der Waals surface area contributed by atoms with E-state index in [0.29, 0.717) is 11.3 Å². The molecule has 6 nitrogen and oxygen atoms in total. The standard InChI is InChI=1S/C17H14N2O4/c1-10-6-7-15-14(8-10)11(2)16(23-15)17(20)18-12-4-3-5-13(9-12)19(21)22/h3-9H,1-2H3,(H,18,20). The van der Waals surface area contributed by atoms with Crippen LogP contribution in [0.1, 0.15) is 21.7 Å². The van der Waals surface area contributed by atoms with Gasteiger partial charge in [0.2, 0.25) is 0 Å². The van der Waals surface area contributed by atoms with E-state index in [1.165, 1.54) is 18.2 Å². The maximum atomic E-state index is 12.4. The molecule has 0 saturated carbocycles. The van der Waals surface area contributed by atoms with Gasteiger partial charge in [-0.05, 0) is 32.0 Å². The molecule has 1 N–H and O–H groups in total. The Balaban J connectivity index is 1.93. The van der Waals surface area contributed by atoms with E-state index in [1.807, 2.05) is 32.0 Å². The molecule has 3 rings (SSSR count). The van der Waals surface area contributed by atoms with Crippen LogP contribution in [0.5, 0.6) is 0 Å². The number of hydrogen-bond acceptors (Lipinski definition) is 4. The zero-order valence-electron chi connectivity index (χ0n) is 12.6. The quantitative estimate of drug-likeness (QED) is 0.580. The van der Waals surface area contributed by atoms with Gasteiger partial charge in [-0.3, -0.25) is 14.9 Å². The van der Waals surface area contributed by atoms with E-state index in [1.54, 1.807) is 6.07 Å². The first-order chi connectivity index (χ1) is 11.0. The highest BCUT2D eigenvalue weighted by molar-refractivity contribution is 6.06. The fourth-order valence-electron chi connectivity index (χ4n) is 2.44. The van der Waals surface area contributed by atoms with Gasteiger partial charge in [-0.25, -0.2) is 0 Å². The second-order valence-corrected chi connectivity index (χ2v) is 5.32. The average molecular weight is 310 g/mol. The van der Waals surface area contributed by atoms with Crippen LogP contribution in [-0.4, -0.2) is 10.8 Å². The first-order valence-electron chi connectivity index (χ1n) is 7.01. The summed E-state index contributed by atoms with van der Waals surface area (Å²) in [6, 6.07) is 11.5. The largest absolute Gasteiger partial charge is 0.451 e. The van der Waals surface area contributed by atoms with Crippen molar-refractivity contribution in [2.45, 2.75) is 13.8 Å². The molecule has 116 valence electrons. The predicted molar refractivity (Wildman–Crippen MR) is 86.7 cm³/mol. The van der Waals surface area contributed by atoms with Crippen molar-refractivity contribution in [2.75, 3.05) is 5.32 Å². The van der Waals surface area contributed by atoms with Gasteiger partial charge in [0.15, 0.2) is 5.76 Å². The second-order valence-electron chi connectivity index (χ2n) is 5.32. The first kappa shape index (κ1) is 14.8. The van der Waals surface area contributed by atoms with Crippen molar-refractivity contribution in [3.05, 3.63) is 69.5 Å². The summed E-state index contributed by atoms with van der Waals surface area (Å²) in [6.45, 7) is 3.78. The molecule has 3 aromatic rings.